The number of hydrogen-bond acceptors (Lipinski definition) is 1. The van der Waals surface area contributed by atoms with Crippen LogP contribution in [0.5, 0.6) is 0 Å². The van der Waals surface area contributed by atoms with E-state index in [1.807, 2.05) is 0 Å². The standard InChI is InChI=1S/C36H77N4/c1-4-7-9-11-13-15-17-19-21-23-25-27-29-31-34-40(33-6-3,39-36(37)38)35-32-30-28-26-24-22-20-18-16-14-12-10-8-5-2/h4-35H2,1-3H3,(H4,37,38,39)/q+1. The molecule has 0 saturated carbocycles. The molecule has 0 bridgehead atoms. The van der Waals surface area contributed by atoms with E-state index in [4.69, 9.17) is 16.6 Å². The first kappa shape index (κ1) is 39.2. The molecule has 0 atom stereocenters. The zero-order chi connectivity index (χ0) is 29.4. The van der Waals surface area contributed by atoms with Gasteiger partial charge in [-0.15, -0.1) is 0 Å². The van der Waals surface area contributed by atoms with Crippen LogP contribution in [0, 0.1) is 0 Å². The van der Waals surface area contributed by atoms with Crippen LogP contribution in [0.1, 0.15) is 207 Å². The van der Waals surface area contributed by atoms with Crippen molar-refractivity contribution < 1.29 is 4.59 Å². The highest BCUT2D eigenvalue weighted by molar-refractivity contribution is 5.74. The fraction of sp³-hybridized carbons (Fsp3) is 0.972. The minimum absolute atomic E-state index is 0.268. The third kappa shape index (κ3) is 27.4. The van der Waals surface area contributed by atoms with Crippen LogP contribution in [0.25, 0.3) is 0 Å². The monoisotopic (exact) mass is 566 g/mol. The van der Waals surface area contributed by atoms with Gasteiger partial charge in [0.05, 0.1) is 0 Å². The van der Waals surface area contributed by atoms with Gasteiger partial charge in [-0.05, 0) is 37.2 Å². The normalized spacial score (nSPS) is 11.8. The highest BCUT2D eigenvalue weighted by Gasteiger charge is 2.26. The molecular formula is C36H77N4+. The Bertz CT molecular complexity index is 483. The molecule has 0 aromatic rings. The predicted octanol–water partition coefficient (Wildman–Crippen LogP) is 11.4. The molecule has 240 valence electrons. The van der Waals surface area contributed by atoms with E-state index in [-0.39, 0.29) is 5.96 Å². The molecule has 0 fully saturated rings. The van der Waals surface area contributed by atoms with Crippen molar-refractivity contribution in [2.24, 2.45) is 16.6 Å². The van der Waals surface area contributed by atoms with Crippen LogP contribution in [-0.4, -0.2) is 30.2 Å². The average Bonchev–Trinajstić information content (AvgIpc) is 2.93. The van der Waals surface area contributed by atoms with Gasteiger partial charge in [0, 0.05) is 0 Å². The molecule has 0 amide bonds. The van der Waals surface area contributed by atoms with Crippen LogP contribution < -0.4 is 11.5 Å². The molecule has 4 heteroatoms. The second-order valence-corrected chi connectivity index (χ2v) is 13.0. The van der Waals surface area contributed by atoms with Crippen molar-refractivity contribution >= 4 is 5.96 Å². The molecule has 0 aliphatic rings. The Morgan fingerprint density at radius 1 is 0.350 bits per heavy atom. The van der Waals surface area contributed by atoms with Crippen LogP contribution in [0.4, 0.5) is 0 Å². The van der Waals surface area contributed by atoms with Crippen molar-refractivity contribution in [2.75, 3.05) is 19.6 Å². The number of hydrogen-bond donors (Lipinski definition) is 2. The van der Waals surface area contributed by atoms with E-state index in [1.54, 1.807) is 0 Å². The molecule has 4 N–H and O–H groups in total. The molecule has 0 unspecified atom stereocenters. The van der Waals surface area contributed by atoms with Gasteiger partial charge in [-0.3, -0.25) is 0 Å². The third-order valence-corrected chi connectivity index (χ3v) is 8.82. The van der Waals surface area contributed by atoms with Gasteiger partial charge < -0.3 is 11.5 Å². The topological polar surface area (TPSA) is 64.4 Å². The van der Waals surface area contributed by atoms with E-state index in [9.17, 15) is 0 Å². The Hall–Kier alpha value is -0.770. The summed E-state index contributed by atoms with van der Waals surface area (Å²) < 4.78 is 0.759. The van der Waals surface area contributed by atoms with Crippen LogP contribution in [0.2, 0.25) is 0 Å². The molecule has 40 heavy (non-hydrogen) atoms. The van der Waals surface area contributed by atoms with Gasteiger partial charge in [-0.1, -0.05) is 175 Å². The van der Waals surface area contributed by atoms with Gasteiger partial charge in [-0.25, -0.2) is 0 Å². The molecule has 0 aliphatic heterocycles. The first-order valence-corrected chi connectivity index (χ1v) is 18.6. The van der Waals surface area contributed by atoms with Gasteiger partial charge in [-0.2, -0.15) is 4.59 Å². The van der Waals surface area contributed by atoms with E-state index in [1.165, 1.54) is 180 Å². The lowest BCUT2D eigenvalue weighted by molar-refractivity contribution is -0.935. The van der Waals surface area contributed by atoms with Crippen LogP contribution in [0.3, 0.4) is 0 Å². The lowest BCUT2D eigenvalue weighted by atomic mass is 10.0. The second-order valence-electron chi connectivity index (χ2n) is 13.0. The predicted molar refractivity (Wildman–Crippen MR) is 182 cm³/mol. The number of quaternary nitrogens is 1. The summed E-state index contributed by atoms with van der Waals surface area (Å²) in [5, 5.41) is 4.81. The summed E-state index contributed by atoms with van der Waals surface area (Å²) in [6.45, 7) is 10.1. The number of guanidine groups is 1. The lowest BCUT2D eigenvalue weighted by Crippen LogP contribution is -2.48. The van der Waals surface area contributed by atoms with E-state index in [0.29, 0.717) is 0 Å². The Morgan fingerprint density at radius 3 is 0.825 bits per heavy atom. The van der Waals surface area contributed by atoms with Gasteiger partial charge in [0.15, 0.2) is 0 Å². The van der Waals surface area contributed by atoms with Crippen molar-refractivity contribution in [1.29, 1.82) is 0 Å². The molecule has 0 saturated heterocycles. The summed E-state index contributed by atoms with van der Waals surface area (Å²) in [5.41, 5.74) is 11.8. The zero-order valence-electron chi connectivity index (χ0n) is 28.2. The van der Waals surface area contributed by atoms with Crippen molar-refractivity contribution in [1.82, 2.24) is 0 Å². The SMILES string of the molecule is CCCCCCCCCCCCCCCC[N+](CCC)(CCCCCCCCCCCCCCCC)N=C(N)N. The molecule has 0 aromatic heterocycles. The Labute approximate surface area is 253 Å². The summed E-state index contributed by atoms with van der Waals surface area (Å²) in [7, 11) is 0. The molecule has 0 aliphatic carbocycles. The summed E-state index contributed by atoms with van der Waals surface area (Å²) in [6, 6.07) is 0. The number of nitrogens with two attached hydrogens (primary N) is 2. The van der Waals surface area contributed by atoms with Gasteiger partial charge in [0.25, 0.3) is 0 Å². The van der Waals surface area contributed by atoms with Gasteiger partial charge in [0.1, 0.15) is 19.6 Å². The van der Waals surface area contributed by atoms with E-state index >= 15 is 0 Å². The van der Waals surface area contributed by atoms with Crippen molar-refractivity contribution in [3.05, 3.63) is 0 Å². The molecule has 0 aromatic carbocycles. The number of unbranched alkanes of at least 4 members (excludes halogenated alkanes) is 26. The fourth-order valence-corrected chi connectivity index (χ4v) is 6.35. The van der Waals surface area contributed by atoms with Crippen molar-refractivity contribution in [3.8, 4) is 0 Å². The summed E-state index contributed by atoms with van der Waals surface area (Å²) in [6.07, 6.45) is 40.4. The number of rotatable bonds is 33. The summed E-state index contributed by atoms with van der Waals surface area (Å²) in [5.74, 6) is 0.268. The Balaban J connectivity index is 3.93. The highest BCUT2D eigenvalue weighted by Crippen LogP contribution is 2.19. The Morgan fingerprint density at radius 2 is 0.600 bits per heavy atom. The van der Waals surface area contributed by atoms with Crippen LogP contribution in [-0.2, 0) is 0 Å². The first-order valence-electron chi connectivity index (χ1n) is 18.6. The largest absolute Gasteiger partial charge is 0.366 e. The highest BCUT2D eigenvalue weighted by atomic mass is 15.6. The lowest BCUT2D eigenvalue weighted by Gasteiger charge is -2.32. The van der Waals surface area contributed by atoms with Crippen LogP contribution in [0.15, 0.2) is 5.10 Å². The summed E-state index contributed by atoms with van der Waals surface area (Å²) in [4.78, 5) is 0. The maximum Gasteiger partial charge on any atom is 0.244 e. The molecule has 0 radical (unpaired) electrons. The quantitative estimate of drug-likeness (QED) is 0.0273. The first-order chi connectivity index (χ1) is 19.6. The van der Waals surface area contributed by atoms with Crippen molar-refractivity contribution in [2.45, 2.75) is 207 Å². The average molecular weight is 566 g/mol. The number of nitrogens with zero attached hydrogens (tertiary/aromatic N) is 2. The minimum Gasteiger partial charge on any atom is -0.366 e. The van der Waals surface area contributed by atoms with E-state index in [2.05, 4.69) is 20.8 Å². The van der Waals surface area contributed by atoms with Crippen LogP contribution >= 0.6 is 0 Å². The molecule has 0 heterocycles. The minimum atomic E-state index is 0.268. The fourth-order valence-electron chi connectivity index (χ4n) is 6.35. The van der Waals surface area contributed by atoms with E-state index < -0.39 is 0 Å². The second kappa shape index (κ2) is 31.2. The molecule has 4 nitrogen and oxygen atoms in total. The van der Waals surface area contributed by atoms with E-state index in [0.717, 1.165) is 30.6 Å². The zero-order valence-corrected chi connectivity index (χ0v) is 28.2. The molecule has 0 spiro atoms. The third-order valence-electron chi connectivity index (χ3n) is 8.82. The molecular weight excluding hydrogens is 488 g/mol. The van der Waals surface area contributed by atoms with Gasteiger partial charge >= 0.3 is 0 Å². The smallest absolute Gasteiger partial charge is 0.244 e. The molecule has 0 rings (SSSR count). The Kier molecular flexibility index (Phi) is 30.6. The van der Waals surface area contributed by atoms with Gasteiger partial charge in [0.2, 0.25) is 5.96 Å². The maximum absolute atomic E-state index is 5.92. The van der Waals surface area contributed by atoms with Crippen molar-refractivity contribution in [3.63, 3.8) is 0 Å². The summed E-state index contributed by atoms with van der Waals surface area (Å²) >= 11 is 0. The maximum atomic E-state index is 5.92.